The van der Waals surface area contributed by atoms with Crippen LogP contribution in [-0.4, -0.2) is 67.1 Å². The molecule has 1 unspecified atom stereocenters. The van der Waals surface area contributed by atoms with Crippen molar-refractivity contribution in [3.63, 3.8) is 0 Å². The molecule has 0 saturated carbocycles. The van der Waals surface area contributed by atoms with Gasteiger partial charge in [-0.1, -0.05) is 26.0 Å². The maximum atomic E-state index is 5.90. The van der Waals surface area contributed by atoms with Crippen LogP contribution in [0, 0.1) is 5.92 Å². The molecule has 5 rings (SSSR count). The van der Waals surface area contributed by atoms with E-state index in [1.165, 1.54) is 5.69 Å². The average Bonchev–Trinajstić information content (AvgIpc) is 3.40. The fraction of sp³-hybridized carbons (Fsp3) is 0.480. The first-order chi connectivity index (χ1) is 16.3. The number of morpholine rings is 1. The van der Waals surface area contributed by atoms with Crippen molar-refractivity contribution in [3.8, 4) is 11.3 Å². The second-order valence-corrected chi connectivity index (χ2v) is 7.74. The summed E-state index contributed by atoms with van der Waals surface area (Å²) in [5.41, 5.74) is 10.9. The van der Waals surface area contributed by atoms with Crippen molar-refractivity contribution in [2.24, 2.45) is 11.7 Å². The summed E-state index contributed by atoms with van der Waals surface area (Å²) < 4.78 is 5.46. The molecule has 3 aromatic rings. The number of ether oxygens (including phenoxy) is 1. The number of pyridine rings is 1. The molecule has 0 spiro atoms. The number of anilines is 2. The molecular formula is C25H36N6OS. The normalized spacial score (nSPS) is 17.8. The molecule has 178 valence electrons. The summed E-state index contributed by atoms with van der Waals surface area (Å²) >= 11 is 3.53. The first-order valence-corrected chi connectivity index (χ1v) is 12.7. The second kappa shape index (κ2) is 12.7. The summed E-state index contributed by atoms with van der Waals surface area (Å²) in [7, 11) is 0. The van der Waals surface area contributed by atoms with Crippen LogP contribution in [-0.2, 0) is 4.74 Å². The van der Waals surface area contributed by atoms with Gasteiger partial charge in [0.1, 0.15) is 5.52 Å². The minimum atomic E-state index is 0.514. The number of fused-ring (bicyclic) bond motifs is 1. The zero-order chi connectivity index (χ0) is 23.6. The zero-order valence-corrected chi connectivity index (χ0v) is 20.8. The third kappa shape index (κ3) is 5.93. The Labute approximate surface area is 202 Å². The summed E-state index contributed by atoms with van der Waals surface area (Å²) in [5, 5.41) is 0. The van der Waals surface area contributed by atoms with Crippen LogP contribution >= 0.6 is 12.6 Å². The molecule has 0 aliphatic carbocycles. The molecule has 33 heavy (non-hydrogen) atoms. The van der Waals surface area contributed by atoms with E-state index in [0.29, 0.717) is 12.5 Å². The molecule has 2 fully saturated rings. The van der Waals surface area contributed by atoms with Gasteiger partial charge in [0.2, 0.25) is 0 Å². The number of thiol groups is 1. The van der Waals surface area contributed by atoms with Gasteiger partial charge in [0.05, 0.1) is 24.4 Å². The van der Waals surface area contributed by atoms with Gasteiger partial charge in [0, 0.05) is 49.8 Å². The average molecular weight is 469 g/mol. The maximum absolute atomic E-state index is 5.90. The highest BCUT2D eigenvalue weighted by Crippen LogP contribution is 2.31. The number of benzene rings is 1. The van der Waals surface area contributed by atoms with Crippen LogP contribution in [0.25, 0.3) is 22.3 Å². The quantitative estimate of drug-likeness (QED) is 0.562. The molecule has 2 saturated heterocycles. The fourth-order valence-electron chi connectivity index (χ4n) is 4.21. The molecule has 0 bridgehead atoms. The van der Waals surface area contributed by atoms with Crippen LogP contribution in [0.5, 0.6) is 0 Å². The van der Waals surface area contributed by atoms with E-state index in [4.69, 9.17) is 15.5 Å². The Morgan fingerprint density at radius 2 is 1.70 bits per heavy atom. The van der Waals surface area contributed by atoms with Gasteiger partial charge in [0.25, 0.3) is 0 Å². The van der Waals surface area contributed by atoms with Crippen molar-refractivity contribution in [3.05, 3.63) is 42.7 Å². The van der Waals surface area contributed by atoms with Gasteiger partial charge in [0.15, 0.2) is 5.82 Å². The number of hydrogen-bond donors (Lipinski definition) is 2. The minimum Gasteiger partial charge on any atom is -0.378 e. The van der Waals surface area contributed by atoms with E-state index >= 15 is 0 Å². The smallest absolute Gasteiger partial charge is 0.157 e. The van der Waals surface area contributed by atoms with Gasteiger partial charge in [-0.3, -0.25) is 4.98 Å². The Bertz CT molecular complexity index is 994. The van der Waals surface area contributed by atoms with Gasteiger partial charge in [-0.05, 0) is 43.3 Å². The van der Waals surface area contributed by atoms with E-state index in [0.717, 1.165) is 73.9 Å². The summed E-state index contributed by atoms with van der Waals surface area (Å²) in [6, 6.07) is 10.7. The molecule has 2 aromatic heterocycles. The van der Waals surface area contributed by atoms with E-state index in [9.17, 15) is 0 Å². The van der Waals surface area contributed by atoms with E-state index in [2.05, 4.69) is 56.7 Å². The number of nitrogens with zero attached hydrogens (tertiary/aromatic N) is 5. The molecule has 0 amide bonds. The van der Waals surface area contributed by atoms with Gasteiger partial charge < -0.3 is 20.3 Å². The Balaban J connectivity index is 0.000000728. The summed E-state index contributed by atoms with van der Waals surface area (Å²) in [5.74, 6) is 1.43. The molecule has 2 aliphatic heterocycles. The molecule has 8 heteroatoms. The summed E-state index contributed by atoms with van der Waals surface area (Å²) in [4.78, 5) is 18.8. The Morgan fingerprint density at radius 1 is 1.00 bits per heavy atom. The van der Waals surface area contributed by atoms with E-state index in [-0.39, 0.29) is 0 Å². The van der Waals surface area contributed by atoms with Crippen LogP contribution in [0.4, 0.5) is 11.5 Å². The number of hydrogen-bond acceptors (Lipinski definition) is 8. The molecule has 7 nitrogen and oxygen atoms in total. The van der Waals surface area contributed by atoms with Crippen molar-refractivity contribution in [1.29, 1.82) is 0 Å². The van der Waals surface area contributed by atoms with Crippen LogP contribution in [0.1, 0.15) is 20.3 Å². The highest BCUT2D eigenvalue weighted by molar-refractivity contribution is 7.79. The number of rotatable bonds is 4. The number of nitrogens with two attached hydrogens (primary N) is 1. The van der Waals surface area contributed by atoms with Crippen LogP contribution < -0.4 is 15.5 Å². The third-order valence-corrected chi connectivity index (χ3v) is 5.90. The Hall–Kier alpha value is -2.42. The lowest BCUT2D eigenvalue weighted by molar-refractivity contribution is 0.122. The number of aromatic nitrogens is 3. The topological polar surface area (TPSA) is 80.4 Å². The fourth-order valence-corrected chi connectivity index (χ4v) is 4.21. The lowest BCUT2D eigenvalue weighted by Crippen LogP contribution is -2.36. The van der Waals surface area contributed by atoms with E-state index < -0.39 is 0 Å². The summed E-state index contributed by atoms with van der Waals surface area (Å²) in [6.45, 7) is 10.0. The van der Waals surface area contributed by atoms with Crippen molar-refractivity contribution in [1.82, 2.24) is 15.0 Å². The first-order valence-electron chi connectivity index (χ1n) is 11.8. The Morgan fingerprint density at radius 3 is 2.36 bits per heavy atom. The zero-order valence-electron chi connectivity index (χ0n) is 19.9. The summed E-state index contributed by atoms with van der Waals surface area (Å²) in [6.07, 6.45) is 6.27. The molecule has 1 atom stereocenters. The minimum absolute atomic E-state index is 0.514. The van der Waals surface area contributed by atoms with Crippen LogP contribution in [0.15, 0.2) is 42.7 Å². The SMILES string of the molecule is CC.CS.NCC1CCN(c2nc(-c3ccc(N4CCOCC4)cc3)cc3nccnc23)C1. The van der Waals surface area contributed by atoms with Gasteiger partial charge >= 0.3 is 0 Å². The highest BCUT2D eigenvalue weighted by atomic mass is 32.1. The first kappa shape index (κ1) is 25.2. The lowest BCUT2D eigenvalue weighted by Gasteiger charge is -2.29. The molecule has 4 heterocycles. The van der Waals surface area contributed by atoms with Crippen molar-refractivity contribution in [2.75, 3.05) is 62.0 Å². The van der Waals surface area contributed by atoms with Gasteiger partial charge in [-0.15, -0.1) is 0 Å². The van der Waals surface area contributed by atoms with Crippen molar-refractivity contribution in [2.45, 2.75) is 20.3 Å². The van der Waals surface area contributed by atoms with Crippen molar-refractivity contribution >= 4 is 35.2 Å². The molecule has 2 aliphatic rings. The predicted octanol–water partition coefficient (Wildman–Crippen LogP) is 3.89. The monoisotopic (exact) mass is 468 g/mol. The molecule has 1 aromatic carbocycles. The predicted molar refractivity (Wildman–Crippen MR) is 141 cm³/mol. The van der Waals surface area contributed by atoms with E-state index in [1.54, 1.807) is 18.6 Å². The van der Waals surface area contributed by atoms with E-state index in [1.807, 2.05) is 19.9 Å². The largest absolute Gasteiger partial charge is 0.378 e. The molecule has 2 N–H and O–H groups in total. The second-order valence-electron chi connectivity index (χ2n) is 7.74. The third-order valence-electron chi connectivity index (χ3n) is 5.90. The molecule has 0 radical (unpaired) electrons. The van der Waals surface area contributed by atoms with Gasteiger partial charge in [-0.25, -0.2) is 9.97 Å². The standard InChI is InChI=1S/C22H26N6O.C2H6.CH4S/c23-14-16-5-8-28(15-16)22-21-20(24-6-7-25-21)13-19(26-22)17-1-3-18(4-2-17)27-9-11-29-12-10-27;2*1-2/h1-4,6-7,13,16H,5,8-12,14-15,23H2;1-2H3;2H,1H3. The van der Waals surface area contributed by atoms with Crippen LogP contribution in [0.3, 0.4) is 0 Å². The Kier molecular flexibility index (Phi) is 9.72. The lowest BCUT2D eigenvalue weighted by atomic mass is 10.1. The van der Waals surface area contributed by atoms with Crippen LogP contribution in [0.2, 0.25) is 0 Å². The highest BCUT2D eigenvalue weighted by Gasteiger charge is 2.25. The maximum Gasteiger partial charge on any atom is 0.157 e. The van der Waals surface area contributed by atoms with Crippen molar-refractivity contribution < 1.29 is 4.74 Å². The van der Waals surface area contributed by atoms with Gasteiger partial charge in [-0.2, -0.15) is 12.6 Å². The molecular weight excluding hydrogens is 432 g/mol.